The topological polar surface area (TPSA) is 222 Å². The predicted octanol–water partition coefficient (Wildman–Crippen LogP) is 8.64. The number of carbonyl (C=O) groups excluding carboxylic acids is 1. The fourth-order valence-corrected chi connectivity index (χ4v) is 9.61. The number of aromatic nitrogens is 6. The van der Waals surface area contributed by atoms with Crippen molar-refractivity contribution in [1.29, 1.82) is 0 Å². The molecule has 6 heterocycles. The Bertz CT molecular complexity index is 2920. The van der Waals surface area contributed by atoms with E-state index in [0.29, 0.717) is 37.5 Å². The second kappa shape index (κ2) is 21.5. The maximum atomic E-state index is 13.6. The van der Waals surface area contributed by atoms with Crippen molar-refractivity contribution in [1.82, 2.24) is 39.4 Å². The van der Waals surface area contributed by atoms with Crippen LogP contribution in [0.5, 0.6) is 0 Å². The first kappa shape index (κ1) is 50.9. The Morgan fingerprint density at radius 1 is 0.734 bits per heavy atom. The van der Waals surface area contributed by atoms with Crippen LogP contribution in [0.2, 0.25) is 10.3 Å². The molecule has 2 saturated heterocycles. The van der Waals surface area contributed by atoms with E-state index in [9.17, 15) is 26.4 Å². The van der Waals surface area contributed by atoms with Gasteiger partial charge in [-0.2, -0.15) is 10.2 Å². The van der Waals surface area contributed by atoms with E-state index in [1.807, 2.05) is 36.6 Å². The molecule has 64 heavy (non-hydrogen) atoms. The van der Waals surface area contributed by atoms with Crippen molar-refractivity contribution in [3.05, 3.63) is 114 Å². The summed E-state index contributed by atoms with van der Waals surface area (Å²) in [6.07, 6.45) is 8.27. The molecule has 2 aromatic carbocycles. The zero-order valence-corrected chi connectivity index (χ0v) is 42.0. The van der Waals surface area contributed by atoms with Gasteiger partial charge in [0.1, 0.15) is 10.3 Å². The molecule has 8 rings (SSSR count). The largest absolute Gasteiger partial charge is 0.478 e. The summed E-state index contributed by atoms with van der Waals surface area (Å²) in [5.41, 5.74) is 5.61. The van der Waals surface area contributed by atoms with Crippen LogP contribution >= 0.6 is 67.5 Å². The number of aromatic carboxylic acids is 1. The average molecular weight is 1110 g/mol. The monoisotopic (exact) mass is 1100 g/mol. The summed E-state index contributed by atoms with van der Waals surface area (Å²) in [5, 5.41) is 22.5. The van der Waals surface area contributed by atoms with Crippen LogP contribution in [0, 0.1) is 13.8 Å². The van der Waals surface area contributed by atoms with Crippen LogP contribution < -0.4 is 14.8 Å². The summed E-state index contributed by atoms with van der Waals surface area (Å²) in [6, 6.07) is 16.7. The van der Waals surface area contributed by atoms with Crippen LogP contribution in [0.3, 0.4) is 0 Å². The Kier molecular flexibility index (Phi) is 17.1. The number of hydrogen-bond acceptors (Lipinski definition) is 11. The number of rotatable bonds is 8. The standard InChI is InChI=1S/C20H21BrClN5O3S.C12H15ClN4.C8H8BrNO4S.ClH/c1-12-9-18(22)23-19-11-16(24-27(12)19)17-5-3-4-8-26(17)20(28)14-10-13(21)6-7-15(14)25-31(2,29)30;1-8-6-11(13)15-12-7-10(16-17(8)12)9-4-2-3-5-14-9;1-15(13,14)10-7-3-2-5(9)4-6(7)8(11)12;/h6-7,9-11,17,25H,3-5,8H2,1-2H3;6-7,9,14H,2-5H2,1H3;2-4,10H,1H3,(H,11,12);1H/t17-;9-;;/m00../s1. The minimum Gasteiger partial charge on any atom is -0.478 e. The van der Waals surface area contributed by atoms with Crippen molar-refractivity contribution in [3.63, 3.8) is 0 Å². The number of hydrogen-bond donors (Lipinski definition) is 4. The van der Waals surface area contributed by atoms with Gasteiger partial charge in [0.15, 0.2) is 11.3 Å². The summed E-state index contributed by atoms with van der Waals surface area (Å²) >= 11 is 18.5. The molecule has 2 atom stereocenters. The molecule has 0 bridgehead atoms. The van der Waals surface area contributed by atoms with Gasteiger partial charge >= 0.3 is 5.97 Å². The maximum absolute atomic E-state index is 13.6. The maximum Gasteiger partial charge on any atom is 0.337 e. The Morgan fingerprint density at radius 2 is 1.23 bits per heavy atom. The first-order valence-corrected chi connectivity index (χ1v) is 25.7. The van der Waals surface area contributed by atoms with Gasteiger partial charge in [-0.3, -0.25) is 14.2 Å². The predicted molar refractivity (Wildman–Crippen MR) is 257 cm³/mol. The Morgan fingerprint density at radius 3 is 1.75 bits per heavy atom. The third kappa shape index (κ3) is 13.3. The van der Waals surface area contributed by atoms with E-state index in [0.717, 1.165) is 73.2 Å². The molecule has 17 nitrogen and oxygen atoms in total. The van der Waals surface area contributed by atoms with Gasteiger partial charge in [-0.15, -0.1) is 12.4 Å². The summed E-state index contributed by atoms with van der Waals surface area (Å²) < 4.78 is 54.9. The lowest BCUT2D eigenvalue weighted by molar-refractivity contribution is 0.0606. The molecule has 4 N–H and O–H groups in total. The van der Waals surface area contributed by atoms with Crippen LogP contribution in [0.15, 0.2) is 69.6 Å². The third-order valence-corrected chi connectivity index (χ3v) is 12.5. The number of amides is 1. The van der Waals surface area contributed by atoms with E-state index >= 15 is 0 Å². The quantitative estimate of drug-likeness (QED) is 0.105. The second-order valence-electron chi connectivity index (χ2n) is 15.1. The lowest BCUT2D eigenvalue weighted by Gasteiger charge is -2.35. The molecule has 2 aliphatic rings. The number of fused-ring (bicyclic) bond motifs is 2. The van der Waals surface area contributed by atoms with Crippen molar-refractivity contribution >= 4 is 122 Å². The summed E-state index contributed by atoms with van der Waals surface area (Å²) in [7, 11) is -7.02. The van der Waals surface area contributed by atoms with Crippen molar-refractivity contribution < 1.29 is 31.5 Å². The number of likely N-dealkylation sites (tertiary alicyclic amines) is 1. The molecule has 2 aliphatic heterocycles. The third-order valence-electron chi connectivity index (χ3n) is 9.97. The van der Waals surface area contributed by atoms with Crippen molar-refractivity contribution in [2.75, 3.05) is 35.0 Å². The number of sulfonamides is 2. The van der Waals surface area contributed by atoms with Crippen molar-refractivity contribution in [2.45, 2.75) is 64.5 Å². The van der Waals surface area contributed by atoms with E-state index in [1.165, 1.54) is 25.0 Å². The van der Waals surface area contributed by atoms with Crippen LogP contribution in [-0.2, 0) is 20.0 Å². The number of carboxylic acids is 1. The first-order valence-electron chi connectivity index (χ1n) is 19.5. The SMILES string of the molecule is CS(=O)(=O)Nc1ccc(Br)cc1C(=O)O.Cc1cc(Cl)nc2cc([C@@H]3CCCCN3)nn12.Cc1cc(Cl)nc2cc([C@@H]3CCCCN3C(=O)c3cc(Br)ccc3NS(C)(=O)=O)nn12.Cl. The van der Waals surface area contributed by atoms with Crippen molar-refractivity contribution in [3.8, 4) is 0 Å². The number of nitrogens with one attached hydrogen (secondary N) is 3. The van der Waals surface area contributed by atoms with Crippen LogP contribution in [0.4, 0.5) is 11.4 Å². The zero-order valence-electron chi connectivity index (χ0n) is 34.8. The molecule has 0 spiro atoms. The summed E-state index contributed by atoms with van der Waals surface area (Å²) in [4.78, 5) is 34.8. The number of benzene rings is 2. The summed E-state index contributed by atoms with van der Waals surface area (Å²) in [5.74, 6) is -1.45. The fourth-order valence-electron chi connectivity index (χ4n) is 7.25. The molecular formula is C40H45Br2Cl3N10O7S2. The Labute approximate surface area is 403 Å². The van der Waals surface area contributed by atoms with E-state index in [-0.39, 0.29) is 46.9 Å². The van der Waals surface area contributed by atoms with Gasteiger partial charge in [-0.05, 0) is 101 Å². The Hall–Kier alpha value is -4.09. The van der Waals surface area contributed by atoms with Gasteiger partial charge in [0, 0.05) is 39.0 Å². The minimum atomic E-state index is -3.54. The average Bonchev–Trinajstić information content (AvgIpc) is 3.84. The van der Waals surface area contributed by atoms with Gasteiger partial charge in [0.25, 0.3) is 5.91 Å². The van der Waals surface area contributed by atoms with Gasteiger partial charge < -0.3 is 15.3 Å². The number of halogens is 5. The molecule has 0 aliphatic carbocycles. The first-order chi connectivity index (χ1) is 29.7. The molecule has 0 radical (unpaired) electrons. The number of carboxylic acid groups (broad SMARTS) is 1. The van der Waals surface area contributed by atoms with E-state index in [4.69, 9.17) is 28.3 Å². The fraction of sp³-hybridized carbons (Fsp3) is 0.350. The summed E-state index contributed by atoms with van der Waals surface area (Å²) in [6.45, 7) is 5.51. The number of carbonyl (C=O) groups is 2. The highest BCUT2D eigenvalue weighted by Gasteiger charge is 2.32. The van der Waals surface area contributed by atoms with Gasteiger partial charge in [0.2, 0.25) is 20.0 Å². The molecule has 1 amide bonds. The second-order valence-corrected chi connectivity index (χ2v) is 21.2. The smallest absolute Gasteiger partial charge is 0.337 e. The zero-order chi connectivity index (χ0) is 45.8. The molecule has 0 unspecified atom stereocenters. The molecule has 24 heteroatoms. The highest BCUT2D eigenvalue weighted by Crippen LogP contribution is 2.34. The number of anilines is 2. The molecule has 6 aromatic rings. The van der Waals surface area contributed by atoms with Crippen LogP contribution in [0.1, 0.15) is 94.1 Å². The molecule has 0 saturated carbocycles. The van der Waals surface area contributed by atoms with Gasteiger partial charge in [0.05, 0.1) is 58.5 Å². The normalized spacial score (nSPS) is 16.5. The number of piperidine rings is 2. The van der Waals surface area contributed by atoms with Crippen LogP contribution in [-0.4, -0.2) is 93.5 Å². The van der Waals surface area contributed by atoms with E-state index in [2.05, 4.69) is 66.8 Å². The Balaban J connectivity index is 0.000000197. The number of aryl methyl sites for hydroxylation is 2. The van der Waals surface area contributed by atoms with Crippen LogP contribution in [0.25, 0.3) is 11.3 Å². The van der Waals surface area contributed by atoms with E-state index < -0.39 is 26.0 Å². The number of nitrogens with zero attached hydrogens (tertiary/aromatic N) is 7. The van der Waals surface area contributed by atoms with Crippen molar-refractivity contribution in [2.24, 2.45) is 0 Å². The van der Waals surface area contributed by atoms with E-state index in [1.54, 1.807) is 39.7 Å². The van der Waals surface area contributed by atoms with Gasteiger partial charge in [-0.1, -0.05) is 61.5 Å². The highest BCUT2D eigenvalue weighted by molar-refractivity contribution is 9.10. The molecule has 4 aromatic heterocycles. The van der Waals surface area contributed by atoms with Gasteiger partial charge in [-0.25, -0.2) is 40.6 Å². The highest BCUT2D eigenvalue weighted by atomic mass is 79.9. The molecule has 344 valence electrons. The molecular weight excluding hydrogens is 1060 g/mol. The lowest BCUT2D eigenvalue weighted by Crippen LogP contribution is -2.39. The molecule has 2 fully saturated rings. The lowest BCUT2D eigenvalue weighted by atomic mass is 9.98. The minimum absolute atomic E-state index is 0.